The Morgan fingerprint density at radius 2 is 1.71 bits per heavy atom. The van der Waals surface area contributed by atoms with Gasteiger partial charge in [-0.15, -0.1) is 0 Å². The van der Waals surface area contributed by atoms with E-state index in [0.29, 0.717) is 11.8 Å². The monoisotopic (exact) mass is 327 g/mol. The average Bonchev–Trinajstić information content (AvgIpc) is 2.94. The lowest BCUT2D eigenvalue weighted by atomic mass is 9.85. The van der Waals surface area contributed by atoms with Crippen LogP contribution in [0, 0.1) is 17.8 Å². The molecule has 0 aromatic heterocycles. The van der Waals surface area contributed by atoms with E-state index in [1.165, 1.54) is 25.7 Å². The number of hydrogen-bond acceptors (Lipinski definition) is 1. The summed E-state index contributed by atoms with van der Waals surface area (Å²) in [6, 6.07) is 5.84. The first-order chi connectivity index (χ1) is 10.1. The molecule has 1 fully saturated rings. The second-order valence-electron chi connectivity index (χ2n) is 6.76. The molecule has 3 heteroatoms. The van der Waals surface area contributed by atoms with E-state index in [0.717, 1.165) is 41.0 Å². The van der Waals surface area contributed by atoms with Crippen LogP contribution >= 0.6 is 23.2 Å². The molecule has 0 saturated heterocycles. The van der Waals surface area contributed by atoms with Crippen LogP contribution in [0.2, 0.25) is 10.0 Å². The molecule has 1 atom stereocenters. The van der Waals surface area contributed by atoms with Gasteiger partial charge in [-0.05, 0) is 55.0 Å². The molecule has 1 aromatic rings. The molecule has 1 N–H and O–H groups in total. The number of hydrogen-bond donors (Lipinski definition) is 1. The molecule has 0 bridgehead atoms. The van der Waals surface area contributed by atoms with E-state index in [2.05, 4.69) is 19.2 Å². The van der Waals surface area contributed by atoms with Crippen molar-refractivity contribution in [2.45, 2.75) is 46.0 Å². The largest absolute Gasteiger partial charge is 0.316 e. The van der Waals surface area contributed by atoms with Gasteiger partial charge in [0, 0.05) is 10.0 Å². The molecule has 21 heavy (non-hydrogen) atoms. The molecule has 0 spiro atoms. The van der Waals surface area contributed by atoms with Gasteiger partial charge in [-0.1, -0.05) is 68.8 Å². The predicted molar refractivity (Wildman–Crippen MR) is 93.3 cm³/mol. The summed E-state index contributed by atoms with van der Waals surface area (Å²) in [7, 11) is 0. The Bertz CT molecular complexity index is 419. The zero-order chi connectivity index (χ0) is 15.2. The van der Waals surface area contributed by atoms with Gasteiger partial charge in [0.05, 0.1) is 0 Å². The van der Waals surface area contributed by atoms with E-state index < -0.39 is 0 Å². The van der Waals surface area contributed by atoms with Gasteiger partial charge in [0.2, 0.25) is 0 Å². The van der Waals surface area contributed by atoms with E-state index in [-0.39, 0.29) is 0 Å². The Balaban J connectivity index is 2.04. The highest BCUT2D eigenvalue weighted by molar-refractivity contribution is 6.35. The van der Waals surface area contributed by atoms with Crippen LogP contribution in [-0.2, 0) is 6.42 Å². The molecule has 0 radical (unpaired) electrons. The van der Waals surface area contributed by atoms with Crippen molar-refractivity contribution < 1.29 is 0 Å². The predicted octanol–water partition coefficient (Wildman–Crippen LogP) is 5.59. The van der Waals surface area contributed by atoms with Gasteiger partial charge in [-0.25, -0.2) is 0 Å². The van der Waals surface area contributed by atoms with Crippen LogP contribution in [0.4, 0.5) is 0 Å². The second-order valence-corrected chi connectivity index (χ2v) is 7.58. The second kappa shape index (κ2) is 8.41. The minimum Gasteiger partial charge on any atom is -0.316 e. The number of halogens is 2. The maximum atomic E-state index is 6.36. The Hall–Kier alpha value is -0.240. The summed E-state index contributed by atoms with van der Waals surface area (Å²) in [6.45, 7) is 6.66. The number of rotatable bonds is 7. The molecule has 0 aliphatic heterocycles. The zero-order valence-corrected chi connectivity index (χ0v) is 14.7. The summed E-state index contributed by atoms with van der Waals surface area (Å²) >= 11 is 12.7. The topological polar surface area (TPSA) is 12.0 Å². The fraction of sp³-hybridized carbons (Fsp3) is 0.667. The van der Waals surface area contributed by atoms with Gasteiger partial charge in [0.15, 0.2) is 0 Å². The lowest BCUT2D eigenvalue weighted by Gasteiger charge is -2.25. The summed E-state index contributed by atoms with van der Waals surface area (Å²) in [6.07, 6.45) is 6.46. The van der Waals surface area contributed by atoms with E-state index in [9.17, 15) is 0 Å². The third kappa shape index (κ3) is 5.16. The van der Waals surface area contributed by atoms with Crippen LogP contribution in [-0.4, -0.2) is 13.1 Å². The zero-order valence-electron chi connectivity index (χ0n) is 13.2. The van der Waals surface area contributed by atoms with E-state index in [1.807, 2.05) is 18.2 Å². The number of nitrogens with one attached hydrogen (secondary N) is 1. The lowest BCUT2D eigenvalue weighted by Crippen LogP contribution is -2.31. The number of benzene rings is 1. The Morgan fingerprint density at radius 1 is 1.10 bits per heavy atom. The van der Waals surface area contributed by atoms with Gasteiger partial charge in [-0.3, -0.25) is 0 Å². The maximum Gasteiger partial charge on any atom is 0.0452 e. The van der Waals surface area contributed by atoms with Crippen molar-refractivity contribution in [2.24, 2.45) is 17.8 Å². The molecule has 0 amide bonds. The molecule has 118 valence electrons. The Labute approximate surface area is 139 Å². The molecule has 1 saturated carbocycles. The molecular formula is C18H27Cl2N. The summed E-state index contributed by atoms with van der Waals surface area (Å²) in [4.78, 5) is 0. The maximum absolute atomic E-state index is 6.36. The van der Waals surface area contributed by atoms with Crippen molar-refractivity contribution in [1.29, 1.82) is 0 Å². The SMILES string of the molecule is CC(C)CNCC(Cc1c(Cl)cccc1Cl)C1CCCC1. The quantitative estimate of drug-likeness (QED) is 0.688. The molecule has 2 rings (SSSR count). The minimum absolute atomic E-state index is 0.642. The highest BCUT2D eigenvalue weighted by atomic mass is 35.5. The summed E-state index contributed by atoms with van der Waals surface area (Å²) in [5.41, 5.74) is 1.13. The minimum atomic E-state index is 0.642. The average molecular weight is 328 g/mol. The third-order valence-corrected chi connectivity index (χ3v) is 5.26. The van der Waals surface area contributed by atoms with Crippen molar-refractivity contribution in [2.75, 3.05) is 13.1 Å². The molecule has 1 unspecified atom stereocenters. The van der Waals surface area contributed by atoms with Crippen LogP contribution in [0.25, 0.3) is 0 Å². The molecule has 0 heterocycles. The summed E-state index contributed by atoms with van der Waals surface area (Å²) in [5.74, 6) is 2.15. The molecule has 1 aliphatic rings. The first-order valence-electron chi connectivity index (χ1n) is 8.21. The Morgan fingerprint density at radius 3 is 2.29 bits per heavy atom. The fourth-order valence-electron chi connectivity index (χ4n) is 3.38. The van der Waals surface area contributed by atoms with Gasteiger partial charge in [-0.2, -0.15) is 0 Å². The molecule has 1 nitrogen and oxygen atoms in total. The first kappa shape index (κ1) is 17.1. The highest BCUT2D eigenvalue weighted by Gasteiger charge is 2.26. The molecule has 1 aromatic carbocycles. The van der Waals surface area contributed by atoms with Crippen LogP contribution in [0.15, 0.2) is 18.2 Å². The van der Waals surface area contributed by atoms with E-state index >= 15 is 0 Å². The fourth-order valence-corrected chi connectivity index (χ4v) is 3.93. The van der Waals surface area contributed by atoms with Crippen LogP contribution in [0.3, 0.4) is 0 Å². The van der Waals surface area contributed by atoms with Gasteiger partial charge in [0.25, 0.3) is 0 Å². The van der Waals surface area contributed by atoms with Gasteiger partial charge in [0.1, 0.15) is 0 Å². The smallest absolute Gasteiger partial charge is 0.0452 e. The lowest BCUT2D eigenvalue weighted by molar-refractivity contribution is 0.316. The van der Waals surface area contributed by atoms with Crippen molar-refractivity contribution in [1.82, 2.24) is 5.32 Å². The van der Waals surface area contributed by atoms with Gasteiger partial charge >= 0.3 is 0 Å². The molecular weight excluding hydrogens is 301 g/mol. The summed E-state index contributed by atoms with van der Waals surface area (Å²) in [5, 5.41) is 5.26. The van der Waals surface area contributed by atoms with Gasteiger partial charge < -0.3 is 5.32 Å². The van der Waals surface area contributed by atoms with Crippen molar-refractivity contribution >= 4 is 23.2 Å². The van der Waals surface area contributed by atoms with Crippen molar-refractivity contribution in [3.8, 4) is 0 Å². The van der Waals surface area contributed by atoms with E-state index in [4.69, 9.17) is 23.2 Å². The standard InChI is InChI=1S/C18H27Cl2N/c1-13(2)11-21-12-15(14-6-3-4-7-14)10-16-17(19)8-5-9-18(16)20/h5,8-9,13-15,21H,3-4,6-7,10-12H2,1-2H3. The van der Waals surface area contributed by atoms with Crippen LogP contribution in [0.1, 0.15) is 45.1 Å². The Kier molecular flexibility index (Phi) is 6.85. The highest BCUT2D eigenvalue weighted by Crippen LogP contribution is 2.35. The summed E-state index contributed by atoms with van der Waals surface area (Å²) < 4.78 is 0. The van der Waals surface area contributed by atoms with Crippen LogP contribution < -0.4 is 5.32 Å². The van der Waals surface area contributed by atoms with Crippen molar-refractivity contribution in [3.63, 3.8) is 0 Å². The van der Waals surface area contributed by atoms with Crippen molar-refractivity contribution in [3.05, 3.63) is 33.8 Å². The molecule has 1 aliphatic carbocycles. The normalized spacial score (nSPS) is 17.6. The van der Waals surface area contributed by atoms with Crippen LogP contribution in [0.5, 0.6) is 0 Å². The van der Waals surface area contributed by atoms with E-state index in [1.54, 1.807) is 0 Å². The first-order valence-corrected chi connectivity index (χ1v) is 8.97. The third-order valence-electron chi connectivity index (χ3n) is 4.55.